The van der Waals surface area contributed by atoms with Crippen LogP contribution in [0.3, 0.4) is 0 Å². The molecule has 2 N–H and O–H groups in total. The minimum absolute atomic E-state index is 0.0495. The van der Waals surface area contributed by atoms with E-state index in [1.165, 1.54) is 17.8 Å². The molecular weight excluding hydrogens is 246 g/mol. The Bertz CT molecular complexity index is 513. The lowest BCUT2D eigenvalue weighted by molar-refractivity contribution is -0.384. The number of pyridine rings is 1. The molecule has 0 saturated carbocycles. The number of nitrogens with two attached hydrogens (primary N) is 1. The van der Waals surface area contributed by atoms with Crippen LogP contribution < -0.4 is 5.73 Å². The summed E-state index contributed by atoms with van der Waals surface area (Å²) in [5.74, 6) is -0.0495. The average Bonchev–Trinajstić information content (AvgIpc) is 2.70. The molecule has 7 heteroatoms. The molecule has 0 aliphatic carbocycles. The number of hydrogen-bond acceptors (Lipinski definition) is 6. The molecule has 0 aromatic carbocycles. The Labute approximate surface area is 99.5 Å². The van der Waals surface area contributed by atoms with E-state index in [0.29, 0.717) is 5.03 Å². The third-order valence-electron chi connectivity index (χ3n) is 1.77. The first-order valence-corrected chi connectivity index (χ1v) is 5.98. The molecule has 0 unspecified atom stereocenters. The van der Waals surface area contributed by atoms with E-state index in [1.807, 2.05) is 17.5 Å². The molecule has 2 aromatic rings. The van der Waals surface area contributed by atoms with Crippen LogP contribution in [0.1, 0.15) is 0 Å². The van der Waals surface area contributed by atoms with E-state index in [1.54, 1.807) is 17.4 Å². The van der Waals surface area contributed by atoms with Crippen LogP contribution in [0.2, 0.25) is 0 Å². The molecule has 0 amide bonds. The molecule has 5 nitrogen and oxygen atoms in total. The number of rotatable bonds is 3. The van der Waals surface area contributed by atoms with Gasteiger partial charge in [-0.3, -0.25) is 10.1 Å². The minimum atomic E-state index is -0.540. The summed E-state index contributed by atoms with van der Waals surface area (Å²) in [5.41, 5.74) is 5.33. The number of nitrogen functional groups attached to an aromatic ring is 1. The number of hydrogen-bond donors (Lipinski definition) is 1. The predicted molar refractivity (Wildman–Crippen MR) is 63.7 cm³/mol. The van der Waals surface area contributed by atoms with Crippen molar-refractivity contribution in [3.8, 4) is 0 Å². The number of anilines is 1. The number of aromatic nitrogens is 1. The van der Waals surface area contributed by atoms with Crippen LogP contribution in [0.4, 0.5) is 11.5 Å². The molecule has 2 heterocycles. The Morgan fingerprint density at radius 3 is 2.81 bits per heavy atom. The largest absolute Gasteiger partial charge is 0.378 e. The fourth-order valence-electron chi connectivity index (χ4n) is 1.08. The van der Waals surface area contributed by atoms with Crippen molar-refractivity contribution in [3.63, 3.8) is 0 Å². The molecule has 2 rings (SSSR count). The van der Waals surface area contributed by atoms with Gasteiger partial charge in [0.25, 0.3) is 0 Å². The molecule has 0 spiro atoms. The normalized spacial score (nSPS) is 10.2. The van der Waals surface area contributed by atoms with E-state index < -0.39 is 4.92 Å². The number of nitro groups is 1. The van der Waals surface area contributed by atoms with E-state index in [2.05, 4.69) is 4.98 Å². The highest BCUT2D eigenvalue weighted by atomic mass is 32.2. The van der Waals surface area contributed by atoms with Gasteiger partial charge in [0.15, 0.2) is 0 Å². The number of thiophene rings is 1. The third kappa shape index (κ3) is 2.31. The quantitative estimate of drug-likeness (QED) is 0.671. The zero-order valence-corrected chi connectivity index (χ0v) is 9.62. The van der Waals surface area contributed by atoms with E-state index in [4.69, 9.17) is 5.73 Å². The van der Waals surface area contributed by atoms with Gasteiger partial charge in [0.1, 0.15) is 5.03 Å². The Morgan fingerprint density at radius 2 is 2.25 bits per heavy atom. The summed E-state index contributed by atoms with van der Waals surface area (Å²) in [7, 11) is 0. The standard InChI is InChI=1S/C9H7N3O2S2/c10-9-6(12(13)14)3-4-7(11-9)16-8-2-1-5-15-8/h1-5H,(H2,10,11). The molecule has 0 aliphatic rings. The second kappa shape index (κ2) is 4.50. The highest BCUT2D eigenvalue weighted by molar-refractivity contribution is 8.01. The fraction of sp³-hybridized carbons (Fsp3) is 0. The van der Waals surface area contributed by atoms with Crippen LogP contribution in [0, 0.1) is 10.1 Å². The van der Waals surface area contributed by atoms with Crippen LogP contribution in [0.25, 0.3) is 0 Å². The maximum Gasteiger partial charge on any atom is 0.311 e. The lowest BCUT2D eigenvalue weighted by Gasteiger charge is -2.00. The first kappa shape index (κ1) is 10.9. The monoisotopic (exact) mass is 253 g/mol. The minimum Gasteiger partial charge on any atom is -0.378 e. The summed E-state index contributed by atoms with van der Waals surface area (Å²) in [4.78, 5) is 14.0. The van der Waals surface area contributed by atoms with Crippen molar-refractivity contribution in [2.75, 3.05) is 5.73 Å². The smallest absolute Gasteiger partial charge is 0.311 e. The zero-order valence-electron chi connectivity index (χ0n) is 7.99. The van der Waals surface area contributed by atoms with Gasteiger partial charge in [0.2, 0.25) is 5.82 Å². The van der Waals surface area contributed by atoms with Gasteiger partial charge in [-0.05, 0) is 17.5 Å². The highest BCUT2D eigenvalue weighted by Gasteiger charge is 2.13. The van der Waals surface area contributed by atoms with Crippen LogP contribution in [0.5, 0.6) is 0 Å². The fourth-order valence-corrected chi connectivity index (χ4v) is 2.78. The van der Waals surface area contributed by atoms with Gasteiger partial charge in [-0.25, -0.2) is 4.98 Å². The summed E-state index contributed by atoms with van der Waals surface area (Å²) in [6.07, 6.45) is 0. The first-order valence-electron chi connectivity index (χ1n) is 4.29. The summed E-state index contributed by atoms with van der Waals surface area (Å²) in [6, 6.07) is 6.85. The van der Waals surface area contributed by atoms with Gasteiger partial charge in [-0.15, -0.1) is 11.3 Å². The summed E-state index contributed by atoms with van der Waals surface area (Å²) < 4.78 is 1.07. The Balaban J connectivity index is 2.24. The average molecular weight is 253 g/mol. The van der Waals surface area contributed by atoms with E-state index in [9.17, 15) is 10.1 Å². The maximum atomic E-state index is 10.5. The molecule has 0 atom stereocenters. The maximum absolute atomic E-state index is 10.5. The molecule has 16 heavy (non-hydrogen) atoms. The van der Waals surface area contributed by atoms with Gasteiger partial charge in [-0.2, -0.15) is 0 Å². The zero-order chi connectivity index (χ0) is 11.5. The van der Waals surface area contributed by atoms with Crippen LogP contribution in [0.15, 0.2) is 38.9 Å². The highest BCUT2D eigenvalue weighted by Crippen LogP contribution is 2.32. The summed E-state index contributed by atoms with van der Waals surface area (Å²) in [6.45, 7) is 0. The van der Waals surface area contributed by atoms with Crippen molar-refractivity contribution in [1.29, 1.82) is 0 Å². The van der Waals surface area contributed by atoms with E-state index in [-0.39, 0.29) is 11.5 Å². The van der Waals surface area contributed by atoms with Gasteiger partial charge in [0, 0.05) is 6.07 Å². The second-order valence-electron chi connectivity index (χ2n) is 2.85. The van der Waals surface area contributed by atoms with Gasteiger partial charge in [-0.1, -0.05) is 17.8 Å². The van der Waals surface area contributed by atoms with Crippen molar-refractivity contribution in [1.82, 2.24) is 4.98 Å². The van der Waals surface area contributed by atoms with Crippen molar-refractivity contribution in [2.24, 2.45) is 0 Å². The Morgan fingerprint density at radius 1 is 1.44 bits per heavy atom. The molecule has 0 radical (unpaired) electrons. The SMILES string of the molecule is Nc1nc(Sc2cccs2)ccc1[N+](=O)[O-]. The second-order valence-corrected chi connectivity index (χ2v) is 5.11. The van der Waals surface area contributed by atoms with Gasteiger partial charge < -0.3 is 5.73 Å². The summed E-state index contributed by atoms with van der Waals surface area (Å²) >= 11 is 3.02. The van der Waals surface area contributed by atoms with E-state index >= 15 is 0 Å². The molecule has 2 aromatic heterocycles. The molecular formula is C9H7N3O2S2. The molecule has 0 saturated heterocycles. The predicted octanol–water partition coefficient (Wildman–Crippen LogP) is 2.78. The first-order chi connectivity index (χ1) is 7.66. The van der Waals surface area contributed by atoms with Crippen molar-refractivity contribution in [2.45, 2.75) is 9.24 Å². The molecule has 0 bridgehead atoms. The van der Waals surface area contributed by atoms with Crippen LogP contribution in [-0.4, -0.2) is 9.91 Å². The molecule has 0 fully saturated rings. The lowest BCUT2D eigenvalue weighted by atomic mass is 10.4. The Kier molecular flexibility index (Phi) is 3.07. The van der Waals surface area contributed by atoms with Gasteiger partial charge >= 0.3 is 5.69 Å². The van der Waals surface area contributed by atoms with E-state index in [0.717, 1.165) is 4.21 Å². The topological polar surface area (TPSA) is 82.0 Å². The van der Waals surface area contributed by atoms with Crippen molar-refractivity contribution in [3.05, 3.63) is 39.8 Å². The van der Waals surface area contributed by atoms with Crippen LogP contribution >= 0.6 is 23.1 Å². The third-order valence-corrected chi connectivity index (χ3v) is 3.75. The molecule has 0 aliphatic heterocycles. The van der Waals surface area contributed by atoms with Crippen molar-refractivity contribution >= 4 is 34.6 Å². The van der Waals surface area contributed by atoms with Crippen LogP contribution in [-0.2, 0) is 0 Å². The lowest BCUT2D eigenvalue weighted by Crippen LogP contribution is -1.98. The summed E-state index contributed by atoms with van der Waals surface area (Å²) in [5, 5.41) is 13.1. The molecule has 82 valence electrons. The Hall–Kier alpha value is -1.60. The van der Waals surface area contributed by atoms with Gasteiger partial charge in [0.05, 0.1) is 9.13 Å². The van der Waals surface area contributed by atoms with Crippen molar-refractivity contribution < 1.29 is 4.92 Å². The number of nitrogens with zero attached hydrogens (tertiary/aromatic N) is 2.